The summed E-state index contributed by atoms with van der Waals surface area (Å²) in [5.41, 5.74) is 1.44. The van der Waals surface area contributed by atoms with Gasteiger partial charge in [0.2, 0.25) is 0 Å². The van der Waals surface area contributed by atoms with Crippen molar-refractivity contribution in [3.8, 4) is 6.07 Å². The molecule has 0 N–H and O–H groups in total. The minimum Gasteiger partial charge on any atom is -0.254 e. The fourth-order valence-electron chi connectivity index (χ4n) is 1.90. The lowest BCUT2D eigenvalue weighted by molar-refractivity contribution is 0.629. The molecule has 0 fully saturated rings. The second kappa shape index (κ2) is 4.00. The van der Waals surface area contributed by atoms with Crippen LogP contribution in [0.5, 0.6) is 0 Å². The lowest BCUT2D eigenvalue weighted by atomic mass is 10.1. The summed E-state index contributed by atoms with van der Waals surface area (Å²) in [5.74, 6) is -0.347. The molecule has 0 saturated carbocycles. The summed E-state index contributed by atoms with van der Waals surface area (Å²) in [6, 6.07) is 8.05. The Balaban J connectivity index is 2.59. The molecule has 86 valence electrons. The van der Waals surface area contributed by atoms with E-state index in [2.05, 4.69) is 25.9 Å². The second-order valence-electron chi connectivity index (χ2n) is 3.78. The lowest BCUT2D eigenvalue weighted by Crippen LogP contribution is -1.92. The van der Waals surface area contributed by atoms with Crippen LogP contribution in [0.1, 0.15) is 5.69 Å². The smallest absolute Gasteiger partial charge is 0.150 e. The van der Waals surface area contributed by atoms with E-state index in [0.29, 0.717) is 21.8 Å². The van der Waals surface area contributed by atoms with Gasteiger partial charge in [0, 0.05) is 21.4 Å². The maximum atomic E-state index is 13.3. The number of pyridine rings is 2. The van der Waals surface area contributed by atoms with E-state index in [1.807, 2.05) is 6.07 Å². The Morgan fingerprint density at radius 1 is 1.22 bits per heavy atom. The van der Waals surface area contributed by atoms with Crippen molar-refractivity contribution >= 4 is 37.7 Å². The number of nitrogens with zero attached hydrogens (tertiary/aromatic N) is 3. The van der Waals surface area contributed by atoms with E-state index in [-0.39, 0.29) is 11.5 Å². The van der Waals surface area contributed by atoms with Crippen LogP contribution in [-0.4, -0.2) is 9.97 Å². The molecule has 0 amide bonds. The Morgan fingerprint density at radius 2 is 2.06 bits per heavy atom. The van der Waals surface area contributed by atoms with Crippen LogP contribution in [-0.2, 0) is 0 Å². The molecule has 3 rings (SSSR count). The van der Waals surface area contributed by atoms with Gasteiger partial charge in [0.05, 0.1) is 11.0 Å². The van der Waals surface area contributed by atoms with E-state index in [1.165, 1.54) is 12.1 Å². The van der Waals surface area contributed by atoms with Gasteiger partial charge in [-0.1, -0.05) is 0 Å². The standard InChI is InChI=1S/C13H5BrFN3/c14-7-3-9-12(5-16)18-11-2-1-8(15)4-10(11)13(9)17-6-7/h1-4,6H. The zero-order valence-electron chi connectivity index (χ0n) is 8.98. The molecule has 0 saturated heterocycles. The minimum absolute atomic E-state index is 0.290. The topological polar surface area (TPSA) is 49.6 Å². The monoisotopic (exact) mass is 301 g/mol. The van der Waals surface area contributed by atoms with Crippen molar-refractivity contribution in [2.45, 2.75) is 0 Å². The predicted molar refractivity (Wildman–Crippen MR) is 69.4 cm³/mol. The van der Waals surface area contributed by atoms with E-state index >= 15 is 0 Å². The first kappa shape index (κ1) is 11.1. The normalized spacial score (nSPS) is 10.7. The Kier molecular flexibility index (Phi) is 2.46. The third-order valence-electron chi connectivity index (χ3n) is 2.66. The molecule has 5 heteroatoms. The van der Waals surface area contributed by atoms with Crippen LogP contribution >= 0.6 is 15.9 Å². The summed E-state index contributed by atoms with van der Waals surface area (Å²) < 4.78 is 14.1. The quantitative estimate of drug-likeness (QED) is 0.597. The molecule has 0 unspecified atom stereocenters. The highest BCUT2D eigenvalue weighted by molar-refractivity contribution is 9.10. The van der Waals surface area contributed by atoms with Gasteiger partial charge in [0.25, 0.3) is 0 Å². The first-order valence-electron chi connectivity index (χ1n) is 5.13. The molecule has 0 spiro atoms. The molecule has 3 aromatic rings. The molecule has 3 nitrogen and oxygen atoms in total. The lowest BCUT2D eigenvalue weighted by Gasteiger charge is -2.05. The Morgan fingerprint density at radius 3 is 2.83 bits per heavy atom. The first-order valence-corrected chi connectivity index (χ1v) is 5.93. The van der Waals surface area contributed by atoms with E-state index in [4.69, 9.17) is 5.26 Å². The summed E-state index contributed by atoms with van der Waals surface area (Å²) in [4.78, 5) is 8.47. The third-order valence-corrected chi connectivity index (χ3v) is 3.09. The molecule has 0 aliphatic heterocycles. The zero-order valence-corrected chi connectivity index (χ0v) is 10.6. The average Bonchev–Trinajstić information content (AvgIpc) is 2.37. The summed E-state index contributed by atoms with van der Waals surface area (Å²) in [5, 5.41) is 10.3. The van der Waals surface area contributed by atoms with Gasteiger partial charge in [0.15, 0.2) is 5.69 Å². The van der Waals surface area contributed by atoms with Crippen molar-refractivity contribution in [2.24, 2.45) is 0 Å². The number of hydrogen-bond donors (Lipinski definition) is 0. The molecule has 2 heterocycles. The predicted octanol–water partition coefficient (Wildman–Crippen LogP) is 3.56. The summed E-state index contributed by atoms with van der Waals surface area (Å²) in [7, 11) is 0. The van der Waals surface area contributed by atoms with Crippen molar-refractivity contribution in [1.82, 2.24) is 9.97 Å². The summed E-state index contributed by atoms with van der Waals surface area (Å²) >= 11 is 3.30. The van der Waals surface area contributed by atoms with Crippen molar-refractivity contribution < 1.29 is 4.39 Å². The number of fused-ring (bicyclic) bond motifs is 3. The Labute approximate surface area is 110 Å². The van der Waals surface area contributed by atoms with Crippen molar-refractivity contribution in [3.05, 3.63) is 46.4 Å². The fraction of sp³-hybridized carbons (Fsp3) is 0. The number of benzene rings is 1. The molecule has 0 atom stereocenters. The van der Waals surface area contributed by atoms with E-state index in [0.717, 1.165) is 4.47 Å². The van der Waals surface area contributed by atoms with Crippen molar-refractivity contribution in [1.29, 1.82) is 5.26 Å². The maximum Gasteiger partial charge on any atom is 0.150 e. The summed E-state index contributed by atoms with van der Waals surface area (Å²) in [6.07, 6.45) is 1.62. The van der Waals surface area contributed by atoms with Crippen LogP contribution in [0.3, 0.4) is 0 Å². The largest absolute Gasteiger partial charge is 0.254 e. The summed E-state index contributed by atoms with van der Waals surface area (Å²) in [6.45, 7) is 0. The van der Waals surface area contributed by atoms with Crippen LogP contribution in [0, 0.1) is 17.1 Å². The van der Waals surface area contributed by atoms with Gasteiger partial charge in [-0.15, -0.1) is 0 Å². The van der Waals surface area contributed by atoms with Gasteiger partial charge in [-0.25, -0.2) is 9.37 Å². The highest BCUT2D eigenvalue weighted by Gasteiger charge is 2.10. The molecule has 0 bridgehead atoms. The van der Waals surface area contributed by atoms with Crippen LogP contribution in [0.2, 0.25) is 0 Å². The molecule has 0 radical (unpaired) electrons. The number of halogens is 2. The molecule has 2 aromatic heterocycles. The minimum atomic E-state index is -0.347. The van der Waals surface area contributed by atoms with Crippen LogP contribution < -0.4 is 0 Å². The molecule has 18 heavy (non-hydrogen) atoms. The van der Waals surface area contributed by atoms with Crippen molar-refractivity contribution in [2.75, 3.05) is 0 Å². The van der Waals surface area contributed by atoms with Gasteiger partial charge in [-0.05, 0) is 40.2 Å². The third kappa shape index (κ3) is 1.62. The van der Waals surface area contributed by atoms with Gasteiger partial charge < -0.3 is 0 Å². The number of hydrogen-bond acceptors (Lipinski definition) is 3. The zero-order chi connectivity index (χ0) is 12.7. The Bertz CT molecular complexity index is 824. The second-order valence-corrected chi connectivity index (χ2v) is 4.70. The van der Waals surface area contributed by atoms with Gasteiger partial charge in [-0.3, -0.25) is 4.98 Å². The van der Waals surface area contributed by atoms with Crippen LogP contribution in [0.4, 0.5) is 4.39 Å². The highest BCUT2D eigenvalue weighted by atomic mass is 79.9. The maximum absolute atomic E-state index is 13.3. The Hall–Kier alpha value is -2.06. The highest BCUT2D eigenvalue weighted by Crippen LogP contribution is 2.27. The fourth-order valence-corrected chi connectivity index (χ4v) is 2.23. The van der Waals surface area contributed by atoms with Gasteiger partial charge >= 0.3 is 0 Å². The van der Waals surface area contributed by atoms with Crippen molar-refractivity contribution in [3.63, 3.8) is 0 Å². The van der Waals surface area contributed by atoms with Crippen LogP contribution in [0.25, 0.3) is 21.8 Å². The number of aromatic nitrogens is 2. The average molecular weight is 302 g/mol. The first-order chi connectivity index (χ1) is 8.69. The molecule has 0 aliphatic rings. The SMILES string of the molecule is N#Cc1nc2ccc(F)cc2c2ncc(Br)cc12. The van der Waals surface area contributed by atoms with E-state index < -0.39 is 0 Å². The molecule has 1 aromatic carbocycles. The van der Waals surface area contributed by atoms with E-state index in [1.54, 1.807) is 18.3 Å². The number of rotatable bonds is 0. The van der Waals surface area contributed by atoms with Crippen LogP contribution in [0.15, 0.2) is 34.9 Å². The molecule has 0 aliphatic carbocycles. The van der Waals surface area contributed by atoms with Gasteiger partial charge in [-0.2, -0.15) is 5.26 Å². The number of nitriles is 1. The molecular weight excluding hydrogens is 297 g/mol. The molecular formula is C13H5BrFN3. The van der Waals surface area contributed by atoms with Gasteiger partial charge in [0.1, 0.15) is 11.9 Å². The van der Waals surface area contributed by atoms with E-state index in [9.17, 15) is 4.39 Å².